The Balaban J connectivity index is 1.49. The van der Waals surface area contributed by atoms with Crippen LogP contribution in [0, 0.1) is 12.7 Å². The number of nitrogens with zero attached hydrogens (tertiary/aromatic N) is 1. The van der Waals surface area contributed by atoms with E-state index < -0.39 is 0 Å². The summed E-state index contributed by atoms with van der Waals surface area (Å²) in [6, 6.07) is 13.1. The Kier molecular flexibility index (Phi) is 6.88. The molecule has 2 nitrogen and oxygen atoms in total. The highest BCUT2D eigenvalue weighted by atomic mass is 19.1. The van der Waals surface area contributed by atoms with Gasteiger partial charge in [-0.15, -0.1) is 0 Å². The van der Waals surface area contributed by atoms with Gasteiger partial charge in [0.25, 0.3) is 0 Å². The van der Waals surface area contributed by atoms with Crippen molar-refractivity contribution in [1.82, 2.24) is 0 Å². The molecule has 0 saturated heterocycles. The Labute approximate surface area is 196 Å². The van der Waals surface area contributed by atoms with Gasteiger partial charge in [-0.2, -0.15) is 0 Å². The zero-order valence-electron chi connectivity index (χ0n) is 19.5. The SMILES string of the molecule is C=C(CC(=CC(C)c1ccc(C2C=CC=C2)cc1C)OC)C1=CC=NC1c1ccccc1F. The third-order valence-corrected chi connectivity index (χ3v) is 6.39. The molecule has 0 bridgehead atoms. The maximum absolute atomic E-state index is 14.4. The Morgan fingerprint density at radius 1 is 1.18 bits per heavy atom. The maximum atomic E-state index is 14.4. The highest BCUT2D eigenvalue weighted by molar-refractivity contribution is 5.78. The number of hydrogen-bond acceptors (Lipinski definition) is 2. The molecule has 168 valence electrons. The minimum atomic E-state index is -0.359. The first-order valence-corrected chi connectivity index (χ1v) is 11.3. The summed E-state index contributed by atoms with van der Waals surface area (Å²) in [5.41, 5.74) is 6.23. The number of allylic oxidation sites excluding steroid dienone is 7. The molecule has 2 aromatic carbocycles. The van der Waals surface area contributed by atoms with E-state index in [0.29, 0.717) is 17.9 Å². The molecule has 0 spiro atoms. The number of methoxy groups -OCH3 is 1. The predicted octanol–water partition coefficient (Wildman–Crippen LogP) is 7.68. The van der Waals surface area contributed by atoms with Crippen molar-refractivity contribution >= 4 is 6.21 Å². The van der Waals surface area contributed by atoms with Crippen LogP contribution in [0.25, 0.3) is 0 Å². The van der Waals surface area contributed by atoms with Crippen molar-refractivity contribution < 1.29 is 9.13 Å². The molecule has 2 unspecified atom stereocenters. The average Bonchev–Trinajstić information content (AvgIpc) is 3.51. The van der Waals surface area contributed by atoms with Gasteiger partial charge in [-0.1, -0.05) is 74.2 Å². The van der Waals surface area contributed by atoms with Gasteiger partial charge < -0.3 is 4.74 Å². The fraction of sp³-hybridized carbons (Fsp3) is 0.233. The van der Waals surface area contributed by atoms with Crippen LogP contribution in [0.5, 0.6) is 0 Å². The molecule has 0 saturated carbocycles. The van der Waals surface area contributed by atoms with Gasteiger partial charge in [0.1, 0.15) is 11.9 Å². The molecule has 2 aliphatic rings. The lowest BCUT2D eigenvalue weighted by molar-refractivity contribution is 0.281. The van der Waals surface area contributed by atoms with E-state index >= 15 is 0 Å². The van der Waals surface area contributed by atoms with E-state index in [-0.39, 0.29) is 17.8 Å². The second-order valence-electron chi connectivity index (χ2n) is 8.66. The number of hydrogen-bond donors (Lipinski definition) is 0. The van der Waals surface area contributed by atoms with Gasteiger partial charge in [0.05, 0.1) is 12.9 Å². The Hall–Kier alpha value is -3.46. The number of rotatable bonds is 8. The number of halogens is 1. The molecule has 0 radical (unpaired) electrons. The molecule has 4 rings (SSSR count). The molecular formula is C30H30FNO. The number of aliphatic imine (C=N–C) groups is 1. The van der Waals surface area contributed by atoms with Gasteiger partial charge in [-0.25, -0.2) is 4.39 Å². The third-order valence-electron chi connectivity index (χ3n) is 6.39. The summed E-state index contributed by atoms with van der Waals surface area (Å²) in [5, 5.41) is 0. The van der Waals surface area contributed by atoms with E-state index in [4.69, 9.17) is 4.74 Å². The van der Waals surface area contributed by atoms with Crippen molar-refractivity contribution in [3.05, 3.63) is 130 Å². The average molecular weight is 440 g/mol. The van der Waals surface area contributed by atoms with Crippen LogP contribution in [-0.4, -0.2) is 13.3 Å². The zero-order valence-corrected chi connectivity index (χ0v) is 19.5. The minimum absolute atomic E-state index is 0.188. The van der Waals surface area contributed by atoms with Crippen molar-refractivity contribution in [2.45, 2.75) is 38.1 Å². The predicted molar refractivity (Wildman–Crippen MR) is 135 cm³/mol. The van der Waals surface area contributed by atoms with Crippen LogP contribution in [0.1, 0.15) is 53.5 Å². The van der Waals surface area contributed by atoms with E-state index in [0.717, 1.165) is 16.9 Å². The fourth-order valence-corrected chi connectivity index (χ4v) is 4.59. The van der Waals surface area contributed by atoms with Gasteiger partial charge in [0.2, 0.25) is 0 Å². The molecule has 2 aromatic rings. The van der Waals surface area contributed by atoms with Gasteiger partial charge in [0, 0.05) is 30.0 Å². The smallest absolute Gasteiger partial charge is 0.128 e. The minimum Gasteiger partial charge on any atom is -0.501 e. The van der Waals surface area contributed by atoms with Crippen LogP contribution in [-0.2, 0) is 4.74 Å². The Morgan fingerprint density at radius 3 is 2.64 bits per heavy atom. The Bertz CT molecular complexity index is 1190. The van der Waals surface area contributed by atoms with Crippen LogP contribution in [0.15, 0.2) is 107 Å². The second kappa shape index (κ2) is 9.99. The first kappa shape index (κ1) is 22.7. The molecule has 0 amide bonds. The lowest BCUT2D eigenvalue weighted by atomic mass is 9.89. The second-order valence-corrected chi connectivity index (χ2v) is 8.66. The van der Waals surface area contributed by atoms with Crippen molar-refractivity contribution in [3.63, 3.8) is 0 Å². The third kappa shape index (κ3) is 4.98. The lowest BCUT2D eigenvalue weighted by Gasteiger charge is -2.19. The molecular weight excluding hydrogens is 409 g/mol. The monoisotopic (exact) mass is 439 g/mol. The fourth-order valence-electron chi connectivity index (χ4n) is 4.59. The van der Waals surface area contributed by atoms with Crippen LogP contribution in [0.2, 0.25) is 0 Å². The summed E-state index contributed by atoms with van der Waals surface area (Å²) in [6.45, 7) is 8.62. The van der Waals surface area contributed by atoms with Crippen LogP contribution in [0.4, 0.5) is 4.39 Å². The van der Waals surface area contributed by atoms with Crippen molar-refractivity contribution in [1.29, 1.82) is 0 Å². The summed E-state index contributed by atoms with van der Waals surface area (Å²) in [7, 11) is 1.69. The van der Waals surface area contributed by atoms with E-state index in [9.17, 15) is 4.39 Å². The number of ether oxygens (including phenoxy) is 1. The first-order chi connectivity index (χ1) is 16.0. The summed E-state index contributed by atoms with van der Waals surface area (Å²) in [5.74, 6) is 1.15. The highest BCUT2D eigenvalue weighted by Gasteiger charge is 2.24. The molecule has 33 heavy (non-hydrogen) atoms. The van der Waals surface area contributed by atoms with Gasteiger partial charge in [-0.05, 0) is 53.0 Å². The van der Waals surface area contributed by atoms with Crippen LogP contribution >= 0.6 is 0 Å². The van der Waals surface area contributed by atoms with Crippen LogP contribution < -0.4 is 0 Å². The van der Waals surface area contributed by atoms with Gasteiger partial charge in [-0.3, -0.25) is 4.99 Å². The summed E-state index contributed by atoms with van der Waals surface area (Å²) in [6.07, 6.45) is 15.0. The number of aryl methyl sites for hydroxylation is 1. The van der Waals surface area contributed by atoms with Gasteiger partial charge in [0.15, 0.2) is 0 Å². The normalized spacial score (nSPS) is 18.6. The van der Waals surface area contributed by atoms with Gasteiger partial charge >= 0.3 is 0 Å². The standard InChI is InChI=1S/C30H30FNO/c1-20-17-24(23-9-5-6-10-23)13-14-26(20)21(2)18-25(33-4)19-22(3)27-15-16-32-30(27)28-11-7-8-12-29(28)31/h5-18,21,23,30H,3,19H2,1-2,4H3. The molecule has 1 aliphatic heterocycles. The largest absolute Gasteiger partial charge is 0.501 e. The first-order valence-electron chi connectivity index (χ1n) is 11.3. The van der Waals surface area contributed by atoms with Crippen LogP contribution in [0.3, 0.4) is 0 Å². The molecule has 0 N–H and O–H groups in total. The summed E-state index contributed by atoms with van der Waals surface area (Å²) >= 11 is 0. The van der Waals surface area contributed by atoms with E-state index in [1.54, 1.807) is 25.5 Å². The van der Waals surface area contributed by atoms with E-state index in [1.165, 1.54) is 22.8 Å². The quantitative estimate of drug-likeness (QED) is 0.387. The zero-order chi connectivity index (χ0) is 23.4. The molecule has 0 aromatic heterocycles. The molecule has 3 heteroatoms. The molecule has 2 atom stereocenters. The molecule has 1 aliphatic carbocycles. The maximum Gasteiger partial charge on any atom is 0.128 e. The lowest BCUT2D eigenvalue weighted by Crippen LogP contribution is -2.04. The highest BCUT2D eigenvalue weighted by Crippen LogP contribution is 2.37. The molecule has 0 fully saturated rings. The van der Waals surface area contributed by atoms with E-state index in [2.05, 4.69) is 74.0 Å². The van der Waals surface area contributed by atoms with Crippen molar-refractivity contribution in [2.75, 3.05) is 7.11 Å². The Morgan fingerprint density at radius 2 is 1.94 bits per heavy atom. The molecule has 1 heterocycles. The summed E-state index contributed by atoms with van der Waals surface area (Å²) < 4.78 is 20.1. The van der Waals surface area contributed by atoms with Crippen molar-refractivity contribution in [2.24, 2.45) is 4.99 Å². The summed E-state index contributed by atoms with van der Waals surface area (Å²) in [4.78, 5) is 4.48. The number of benzene rings is 2. The topological polar surface area (TPSA) is 21.6 Å². The van der Waals surface area contributed by atoms with Crippen molar-refractivity contribution in [3.8, 4) is 0 Å². The van der Waals surface area contributed by atoms with E-state index in [1.807, 2.05) is 12.1 Å².